The summed E-state index contributed by atoms with van der Waals surface area (Å²) >= 11 is 0. The van der Waals surface area contributed by atoms with Gasteiger partial charge in [-0.05, 0) is 19.4 Å². The van der Waals surface area contributed by atoms with Crippen molar-refractivity contribution >= 4 is 0 Å². The van der Waals surface area contributed by atoms with E-state index in [-0.39, 0.29) is 12.1 Å². The van der Waals surface area contributed by atoms with Crippen LogP contribution in [0.1, 0.15) is 25.5 Å². The lowest BCUT2D eigenvalue weighted by molar-refractivity contribution is 0.0764. The standard InChI is InChI=1S/C16H20N2O3/c1-5-21-11(2)12-6-8-13(9-7-12)14-10-15(19-3)18-16(17-14)20-4/h6-11H,5H2,1-4H3. The molecule has 0 aliphatic carbocycles. The molecule has 2 aromatic rings. The molecule has 1 aromatic carbocycles. The monoisotopic (exact) mass is 288 g/mol. The van der Waals surface area contributed by atoms with Crippen molar-refractivity contribution in [1.82, 2.24) is 9.97 Å². The molecule has 0 saturated heterocycles. The molecular weight excluding hydrogens is 268 g/mol. The van der Waals surface area contributed by atoms with Crippen LogP contribution in [0, 0.1) is 0 Å². The van der Waals surface area contributed by atoms with Crippen LogP contribution < -0.4 is 9.47 Å². The summed E-state index contributed by atoms with van der Waals surface area (Å²) in [5.74, 6) is 0.476. The van der Waals surface area contributed by atoms with Crippen LogP contribution in [0.15, 0.2) is 30.3 Å². The molecule has 1 unspecified atom stereocenters. The quantitative estimate of drug-likeness (QED) is 0.816. The van der Waals surface area contributed by atoms with Crippen LogP contribution >= 0.6 is 0 Å². The maximum absolute atomic E-state index is 5.58. The number of methoxy groups -OCH3 is 2. The smallest absolute Gasteiger partial charge is 0.320 e. The van der Waals surface area contributed by atoms with E-state index < -0.39 is 0 Å². The second-order valence-electron chi connectivity index (χ2n) is 4.50. The third-order valence-electron chi connectivity index (χ3n) is 3.17. The Hall–Kier alpha value is -2.14. The van der Waals surface area contributed by atoms with Gasteiger partial charge < -0.3 is 14.2 Å². The summed E-state index contributed by atoms with van der Waals surface area (Å²) in [7, 11) is 3.10. The number of nitrogens with zero attached hydrogens (tertiary/aromatic N) is 2. The van der Waals surface area contributed by atoms with E-state index in [2.05, 4.69) is 9.97 Å². The molecule has 21 heavy (non-hydrogen) atoms. The number of benzene rings is 1. The van der Waals surface area contributed by atoms with E-state index in [1.807, 2.05) is 38.1 Å². The average molecular weight is 288 g/mol. The van der Waals surface area contributed by atoms with Gasteiger partial charge in [0, 0.05) is 18.2 Å². The SMILES string of the molecule is CCOC(C)c1ccc(-c2cc(OC)nc(OC)n2)cc1. The summed E-state index contributed by atoms with van der Waals surface area (Å²) in [5.41, 5.74) is 2.87. The Morgan fingerprint density at radius 1 is 1.05 bits per heavy atom. The van der Waals surface area contributed by atoms with Gasteiger partial charge in [0.15, 0.2) is 0 Å². The first-order valence-corrected chi connectivity index (χ1v) is 6.87. The van der Waals surface area contributed by atoms with Gasteiger partial charge in [0.2, 0.25) is 5.88 Å². The van der Waals surface area contributed by atoms with Gasteiger partial charge in [-0.3, -0.25) is 0 Å². The van der Waals surface area contributed by atoms with Crippen LogP contribution in [-0.2, 0) is 4.74 Å². The minimum Gasteiger partial charge on any atom is -0.481 e. The molecule has 0 amide bonds. The predicted octanol–water partition coefficient (Wildman–Crippen LogP) is 3.26. The number of aromatic nitrogens is 2. The number of hydrogen-bond donors (Lipinski definition) is 0. The zero-order chi connectivity index (χ0) is 15.2. The highest BCUT2D eigenvalue weighted by atomic mass is 16.5. The molecule has 0 aliphatic rings. The molecule has 0 radical (unpaired) electrons. The zero-order valence-corrected chi connectivity index (χ0v) is 12.8. The van der Waals surface area contributed by atoms with Crippen molar-refractivity contribution < 1.29 is 14.2 Å². The lowest BCUT2D eigenvalue weighted by atomic mass is 10.1. The molecule has 0 aliphatic heterocycles. The molecule has 0 spiro atoms. The maximum Gasteiger partial charge on any atom is 0.320 e. The van der Waals surface area contributed by atoms with E-state index in [0.717, 1.165) is 16.8 Å². The third kappa shape index (κ3) is 3.70. The normalized spacial score (nSPS) is 12.0. The third-order valence-corrected chi connectivity index (χ3v) is 3.17. The van der Waals surface area contributed by atoms with Crippen molar-refractivity contribution in [2.24, 2.45) is 0 Å². The van der Waals surface area contributed by atoms with Gasteiger partial charge in [-0.25, -0.2) is 0 Å². The van der Waals surface area contributed by atoms with Crippen molar-refractivity contribution in [3.63, 3.8) is 0 Å². The molecule has 1 aromatic heterocycles. The minimum atomic E-state index is 0.0820. The fraction of sp³-hybridized carbons (Fsp3) is 0.375. The van der Waals surface area contributed by atoms with Gasteiger partial charge in [-0.15, -0.1) is 0 Å². The fourth-order valence-electron chi connectivity index (χ4n) is 2.02. The molecule has 0 saturated carbocycles. The van der Waals surface area contributed by atoms with E-state index in [9.17, 15) is 0 Å². The van der Waals surface area contributed by atoms with Crippen LogP contribution in [0.5, 0.6) is 11.9 Å². The molecule has 2 rings (SSSR count). The van der Waals surface area contributed by atoms with Gasteiger partial charge in [-0.2, -0.15) is 9.97 Å². The van der Waals surface area contributed by atoms with Gasteiger partial charge in [0.1, 0.15) is 0 Å². The minimum absolute atomic E-state index is 0.0820. The Balaban J connectivity index is 2.29. The zero-order valence-electron chi connectivity index (χ0n) is 12.8. The molecule has 1 heterocycles. The first-order chi connectivity index (χ1) is 10.2. The van der Waals surface area contributed by atoms with E-state index >= 15 is 0 Å². The molecule has 112 valence electrons. The first-order valence-electron chi connectivity index (χ1n) is 6.87. The molecule has 1 atom stereocenters. The summed E-state index contributed by atoms with van der Waals surface area (Å²) < 4.78 is 15.8. The Morgan fingerprint density at radius 2 is 1.76 bits per heavy atom. The molecule has 0 fully saturated rings. The fourth-order valence-corrected chi connectivity index (χ4v) is 2.02. The summed E-state index contributed by atoms with van der Waals surface area (Å²) in [6.07, 6.45) is 0.0820. The van der Waals surface area contributed by atoms with E-state index in [4.69, 9.17) is 14.2 Å². The summed E-state index contributed by atoms with van der Waals surface area (Å²) in [6, 6.07) is 10.2. The van der Waals surface area contributed by atoms with Crippen LogP contribution in [-0.4, -0.2) is 30.8 Å². The van der Waals surface area contributed by atoms with Crippen molar-refractivity contribution in [2.45, 2.75) is 20.0 Å². The molecule has 0 N–H and O–H groups in total. The van der Waals surface area contributed by atoms with Gasteiger partial charge in [0.25, 0.3) is 0 Å². The lowest BCUT2D eigenvalue weighted by Crippen LogP contribution is -2.00. The molecule has 5 nitrogen and oxygen atoms in total. The van der Waals surface area contributed by atoms with Crippen molar-refractivity contribution in [3.8, 4) is 23.1 Å². The largest absolute Gasteiger partial charge is 0.481 e. The van der Waals surface area contributed by atoms with Crippen molar-refractivity contribution in [1.29, 1.82) is 0 Å². The van der Waals surface area contributed by atoms with E-state index in [1.165, 1.54) is 7.11 Å². The van der Waals surface area contributed by atoms with Crippen molar-refractivity contribution in [3.05, 3.63) is 35.9 Å². The number of hydrogen-bond acceptors (Lipinski definition) is 5. The Morgan fingerprint density at radius 3 is 2.33 bits per heavy atom. The van der Waals surface area contributed by atoms with Crippen LogP contribution in [0.25, 0.3) is 11.3 Å². The Kier molecular flexibility index (Phi) is 5.11. The van der Waals surface area contributed by atoms with Crippen LogP contribution in [0.3, 0.4) is 0 Å². The molecule has 0 bridgehead atoms. The Bertz CT molecular complexity index is 562. The van der Waals surface area contributed by atoms with Crippen molar-refractivity contribution in [2.75, 3.05) is 20.8 Å². The average Bonchev–Trinajstić information content (AvgIpc) is 2.54. The summed E-state index contributed by atoms with van der Waals surface area (Å²) in [5, 5.41) is 0. The van der Waals surface area contributed by atoms with E-state index in [1.54, 1.807) is 13.2 Å². The second kappa shape index (κ2) is 7.04. The summed E-state index contributed by atoms with van der Waals surface area (Å²) in [6.45, 7) is 4.72. The van der Waals surface area contributed by atoms with Gasteiger partial charge in [-0.1, -0.05) is 24.3 Å². The van der Waals surface area contributed by atoms with Gasteiger partial charge >= 0.3 is 6.01 Å². The summed E-state index contributed by atoms with van der Waals surface area (Å²) in [4.78, 5) is 8.43. The maximum atomic E-state index is 5.58. The van der Waals surface area contributed by atoms with Crippen LogP contribution in [0.2, 0.25) is 0 Å². The molecule has 5 heteroatoms. The van der Waals surface area contributed by atoms with E-state index in [0.29, 0.717) is 12.5 Å². The molecular formula is C16H20N2O3. The highest BCUT2D eigenvalue weighted by molar-refractivity contribution is 5.60. The number of rotatable bonds is 6. The highest BCUT2D eigenvalue weighted by Gasteiger charge is 2.09. The van der Waals surface area contributed by atoms with Gasteiger partial charge in [0.05, 0.1) is 26.0 Å². The predicted molar refractivity (Wildman–Crippen MR) is 80.6 cm³/mol. The second-order valence-corrected chi connectivity index (χ2v) is 4.50. The Labute approximate surface area is 124 Å². The topological polar surface area (TPSA) is 53.5 Å². The first kappa shape index (κ1) is 15.3. The number of ether oxygens (including phenoxy) is 3. The highest BCUT2D eigenvalue weighted by Crippen LogP contribution is 2.25. The lowest BCUT2D eigenvalue weighted by Gasteiger charge is -2.12. The van der Waals surface area contributed by atoms with Crippen LogP contribution in [0.4, 0.5) is 0 Å².